The number of carbonyl (C=O) groups excluding carboxylic acids is 1. The fourth-order valence-corrected chi connectivity index (χ4v) is 2.79. The highest BCUT2D eigenvalue weighted by molar-refractivity contribution is 6.32. The highest BCUT2D eigenvalue weighted by Gasteiger charge is 2.17. The summed E-state index contributed by atoms with van der Waals surface area (Å²) in [6.45, 7) is 4.26. The van der Waals surface area contributed by atoms with Crippen LogP contribution in [-0.4, -0.2) is 20.1 Å². The van der Waals surface area contributed by atoms with Crippen LogP contribution in [0.25, 0.3) is 0 Å². The van der Waals surface area contributed by atoms with E-state index in [0.717, 1.165) is 17.7 Å². The molecule has 0 aliphatic heterocycles. The van der Waals surface area contributed by atoms with Crippen LogP contribution in [0.2, 0.25) is 5.02 Å². The molecule has 0 saturated heterocycles. The second kappa shape index (κ2) is 8.06. The van der Waals surface area contributed by atoms with Crippen LogP contribution in [-0.2, 0) is 0 Å². The normalized spacial score (nSPS) is 11.7. The van der Waals surface area contributed by atoms with E-state index in [2.05, 4.69) is 19.2 Å². The van der Waals surface area contributed by atoms with Gasteiger partial charge in [-0.25, -0.2) is 0 Å². The van der Waals surface area contributed by atoms with Crippen molar-refractivity contribution in [2.75, 3.05) is 19.5 Å². The van der Waals surface area contributed by atoms with Gasteiger partial charge in [0.2, 0.25) is 0 Å². The standard InChI is InChI=1S/C19H22ClNO3/c1-5-12(2)14-8-6-7-9-16(14)21-19(22)13-10-15(20)18(24-4)17(11-13)23-3/h6-12H,5H2,1-4H3,(H,21,22)/t12-/m0/s1. The fraction of sp³-hybridized carbons (Fsp3) is 0.316. The first-order valence-electron chi connectivity index (χ1n) is 7.83. The summed E-state index contributed by atoms with van der Waals surface area (Å²) >= 11 is 6.18. The molecule has 0 aliphatic rings. The summed E-state index contributed by atoms with van der Waals surface area (Å²) in [5, 5.41) is 3.29. The van der Waals surface area contributed by atoms with Crippen LogP contribution < -0.4 is 14.8 Å². The summed E-state index contributed by atoms with van der Waals surface area (Å²) < 4.78 is 10.4. The van der Waals surface area contributed by atoms with E-state index < -0.39 is 0 Å². The monoisotopic (exact) mass is 347 g/mol. The number of halogens is 1. The lowest BCUT2D eigenvalue weighted by atomic mass is 9.97. The molecule has 0 fully saturated rings. The zero-order valence-electron chi connectivity index (χ0n) is 14.4. The summed E-state index contributed by atoms with van der Waals surface area (Å²) in [6, 6.07) is 11.0. The molecule has 0 spiro atoms. The maximum Gasteiger partial charge on any atom is 0.255 e. The Morgan fingerprint density at radius 2 is 1.92 bits per heavy atom. The number of nitrogens with one attached hydrogen (secondary N) is 1. The largest absolute Gasteiger partial charge is 0.493 e. The Hall–Kier alpha value is -2.20. The zero-order chi connectivity index (χ0) is 17.7. The van der Waals surface area contributed by atoms with Crippen molar-refractivity contribution in [3.05, 3.63) is 52.5 Å². The number of ether oxygens (including phenoxy) is 2. The third-order valence-corrected chi connectivity index (χ3v) is 4.33. The lowest BCUT2D eigenvalue weighted by Gasteiger charge is -2.16. The smallest absolute Gasteiger partial charge is 0.255 e. The molecule has 0 unspecified atom stereocenters. The number of carbonyl (C=O) groups is 1. The molecule has 2 rings (SSSR count). The van der Waals surface area contributed by atoms with Gasteiger partial charge >= 0.3 is 0 Å². The minimum absolute atomic E-state index is 0.242. The molecule has 24 heavy (non-hydrogen) atoms. The fourth-order valence-electron chi connectivity index (χ4n) is 2.50. The molecule has 5 heteroatoms. The molecule has 0 aromatic heterocycles. The van der Waals surface area contributed by atoms with E-state index in [1.165, 1.54) is 14.2 Å². The molecule has 0 saturated carbocycles. The molecular weight excluding hydrogens is 326 g/mol. The molecule has 0 heterocycles. The van der Waals surface area contributed by atoms with Crippen molar-refractivity contribution in [2.24, 2.45) is 0 Å². The number of methoxy groups -OCH3 is 2. The van der Waals surface area contributed by atoms with Crippen molar-refractivity contribution in [3.8, 4) is 11.5 Å². The maximum atomic E-state index is 12.6. The molecule has 0 radical (unpaired) electrons. The number of hydrogen-bond acceptors (Lipinski definition) is 3. The summed E-state index contributed by atoms with van der Waals surface area (Å²) in [6.07, 6.45) is 0.995. The second-order valence-electron chi connectivity index (χ2n) is 5.54. The Morgan fingerprint density at radius 1 is 1.21 bits per heavy atom. The molecular formula is C19H22ClNO3. The van der Waals surface area contributed by atoms with Gasteiger partial charge in [-0.15, -0.1) is 0 Å². The molecule has 128 valence electrons. The third-order valence-electron chi connectivity index (χ3n) is 4.05. The summed E-state index contributed by atoms with van der Waals surface area (Å²) in [4.78, 5) is 12.6. The van der Waals surface area contributed by atoms with E-state index in [9.17, 15) is 4.79 Å². The first-order chi connectivity index (χ1) is 11.5. The number of anilines is 1. The second-order valence-corrected chi connectivity index (χ2v) is 5.95. The summed E-state index contributed by atoms with van der Waals surface area (Å²) in [5.74, 6) is 0.949. The lowest BCUT2D eigenvalue weighted by molar-refractivity contribution is 0.102. The average molecular weight is 348 g/mol. The molecule has 1 atom stereocenters. The van der Waals surface area contributed by atoms with E-state index in [-0.39, 0.29) is 5.91 Å². The first kappa shape index (κ1) is 18.1. The minimum Gasteiger partial charge on any atom is -0.493 e. The number of rotatable bonds is 6. The van der Waals surface area contributed by atoms with Crippen molar-refractivity contribution in [1.29, 1.82) is 0 Å². The first-order valence-corrected chi connectivity index (χ1v) is 8.21. The lowest BCUT2D eigenvalue weighted by Crippen LogP contribution is -2.14. The Balaban J connectivity index is 2.33. The van der Waals surface area contributed by atoms with Crippen LogP contribution in [0.3, 0.4) is 0 Å². The average Bonchev–Trinajstić information content (AvgIpc) is 2.60. The van der Waals surface area contributed by atoms with Crippen molar-refractivity contribution >= 4 is 23.2 Å². The van der Waals surface area contributed by atoms with Crippen molar-refractivity contribution in [3.63, 3.8) is 0 Å². The molecule has 4 nitrogen and oxygen atoms in total. The van der Waals surface area contributed by atoms with E-state index >= 15 is 0 Å². The predicted octanol–water partition coefficient (Wildman–Crippen LogP) is 5.12. The van der Waals surface area contributed by atoms with E-state index in [1.807, 2.05) is 24.3 Å². The van der Waals surface area contributed by atoms with E-state index in [4.69, 9.17) is 21.1 Å². The highest BCUT2D eigenvalue weighted by atomic mass is 35.5. The van der Waals surface area contributed by atoms with Crippen molar-refractivity contribution in [2.45, 2.75) is 26.2 Å². The van der Waals surface area contributed by atoms with E-state index in [0.29, 0.717) is 28.0 Å². The number of hydrogen-bond donors (Lipinski definition) is 1. The Labute approximate surface area is 147 Å². The Kier molecular flexibility index (Phi) is 6.10. The van der Waals surface area contributed by atoms with Gasteiger partial charge in [0.25, 0.3) is 5.91 Å². The Bertz CT molecular complexity index is 731. The molecule has 1 amide bonds. The van der Waals surface area contributed by atoms with Crippen LogP contribution >= 0.6 is 11.6 Å². The molecule has 2 aromatic rings. The van der Waals surface area contributed by atoms with Crippen LogP contribution in [0.5, 0.6) is 11.5 Å². The van der Waals surface area contributed by atoms with Gasteiger partial charge in [0.1, 0.15) is 0 Å². The zero-order valence-corrected chi connectivity index (χ0v) is 15.1. The van der Waals surface area contributed by atoms with Gasteiger partial charge < -0.3 is 14.8 Å². The highest BCUT2D eigenvalue weighted by Crippen LogP contribution is 2.36. The maximum absolute atomic E-state index is 12.6. The molecule has 2 aromatic carbocycles. The predicted molar refractivity (Wildman–Crippen MR) is 97.7 cm³/mol. The molecule has 0 aliphatic carbocycles. The molecule has 0 bridgehead atoms. The van der Waals surface area contributed by atoms with Crippen molar-refractivity contribution in [1.82, 2.24) is 0 Å². The molecule has 1 N–H and O–H groups in total. The number of para-hydroxylation sites is 1. The third kappa shape index (κ3) is 3.82. The number of benzene rings is 2. The van der Waals surface area contributed by atoms with Gasteiger partial charge in [-0.2, -0.15) is 0 Å². The van der Waals surface area contributed by atoms with Crippen LogP contribution in [0.15, 0.2) is 36.4 Å². The van der Waals surface area contributed by atoms with Crippen LogP contribution in [0.1, 0.15) is 42.1 Å². The quantitative estimate of drug-likeness (QED) is 0.788. The number of amides is 1. The minimum atomic E-state index is -0.242. The van der Waals surface area contributed by atoms with Gasteiger partial charge in [-0.1, -0.05) is 43.6 Å². The van der Waals surface area contributed by atoms with Gasteiger partial charge in [-0.05, 0) is 36.1 Å². The van der Waals surface area contributed by atoms with E-state index in [1.54, 1.807) is 12.1 Å². The summed E-state index contributed by atoms with van der Waals surface area (Å²) in [5.41, 5.74) is 2.33. The van der Waals surface area contributed by atoms with Gasteiger partial charge in [-0.3, -0.25) is 4.79 Å². The van der Waals surface area contributed by atoms with Gasteiger partial charge in [0.05, 0.1) is 19.2 Å². The van der Waals surface area contributed by atoms with Gasteiger partial charge in [0, 0.05) is 11.3 Å². The van der Waals surface area contributed by atoms with Gasteiger partial charge in [0.15, 0.2) is 11.5 Å². The SMILES string of the molecule is CC[C@H](C)c1ccccc1NC(=O)c1cc(Cl)c(OC)c(OC)c1. The van der Waals surface area contributed by atoms with Crippen molar-refractivity contribution < 1.29 is 14.3 Å². The Morgan fingerprint density at radius 3 is 2.54 bits per heavy atom. The topological polar surface area (TPSA) is 47.6 Å². The van der Waals surface area contributed by atoms with Crippen LogP contribution in [0.4, 0.5) is 5.69 Å². The summed E-state index contributed by atoms with van der Waals surface area (Å²) in [7, 11) is 3.01. The van der Waals surface area contributed by atoms with Crippen LogP contribution in [0, 0.1) is 0 Å².